The van der Waals surface area contributed by atoms with E-state index in [0.717, 1.165) is 18.0 Å². The summed E-state index contributed by atoms with van der Waals surface area (Å²) >= 11 is 2.07. The third-order valence-electron chi connectivity index (χ3n) is 3.60. The molecule has 15 heavy (non-hydrogen) atoms. The molecule has 0 N–H and O–H groups in total. The first-order valence-electron chi connectivity index (χ1n) is 5.85. The Morgan fingerprint density at radius 3 is 3.07 bits per heavy atom. The Labute approximate surface area is 95.9 Å². The molecule has 2 heterocycles. The van der Waals surface area contributed by atoms with E-state index in [9.17, 15) is 0 Å². The number of rotatable bonds is 0. The molecule has 80 valence electrons. The van der Waals surface area contributed by atoms with Gasteiger partial charge >= 0.3 is 0 Å². The fraction of sp³-hybridized carbons (Fsp3) is 0.538. The summed E-state index contributed by atoms with van der Waals surface area (Å²) in [5, 5.41) is 0.739. The van der Waals surface area contributed by atoms with Gasteiger partial charge in [-0.15, -0.1) is 11.8 Å². The molecule has 1 nitrogen and oxygen atoms in total. The zero-order valence-corrected chi connectivity index (χ0v) is 9.96. The average molecular weight is 219 g/mol. The Balaban J connectivity index is 1.92. The van der Waals surface area contributed by atoms with Crippen LogP contribution in [0.4, 0.5) is 0 Å². The predicted molar refractivity (Wildman–Crippen MR) is 64.9 cm³/mol. The first kappa shape index (κ1) is 9.73. The van der Waals surface area contributed by atoms with Crippen molar-refractivity contribution in [2.24, 2.45) is 0 Å². The van der Waals surface area contributed by atoms with Crippen molar-refractivity contribution in [1.82, 2.24) is 4.90 Å². The molecule has 0 radical (unpaired) electrons. The molecule has 3 rings (SSSR count). The van der Waals surface area contributed by atoms with Gasteiger partial charge in [-0.3, -0.25) is 4.90 Å². The number of benzene rings is 1. The van der Waals surface area contributed by atoms with Gasteiger partial charge in [-0.05, 0) is 37.8 Å². The number of hydrogen-bond acceptors (Lipinski definition) is 2. The molecule has 2 heteroatoms. The van der Waals surface area contributed by atoms with E-state index in [1.807, 2.05) is 0 Å². The molecule has 0 amide bonds. The van der Waals surface area contributed by atoms with Crippen LogP contribution in [0.15, 0.2) is 29.2 Å². The van der Waals surface area contributed by atoms with Crippen LogP contribution in [0.25, 0.3) is 0 Å². The van der Waals surface area contributed by atoms with Gasteiger partial charge in [0.05, 0.1) is 5.37 Å². The van der Waals surface area contributed by atoms with Gasteiger partial charge in [0, 0.05) is 17.5 Å². The highest BCUT2D eigenvalue weighted by Crippen LogP contribution is 2.41. The summed E-state index contributed by atoms with van der Waals surface area (Å²) in [7, 11) is 0. The molecular formula is C13H17NS. The third-order valence-corrected chi connectivity index (χ3v) is 5.03. The van der Waals surface area contributed by atoms with E-state index in [-0.39, 0.29) is 0 Å². The van der Waals surface area contributed by atoms with Crippen LogP contribution in [0.2, 0.25) is 0 Å². The first-order valence-corrected chi connectivity index (χ1v) is 6.73. The Hall–Kier alpha value is -0.470. The summed E-state index contributed by atoms with van der Waals surface area (Å²) in [6, 6.07) is 9.64. The van der Waals surface area contributed by atoms with E-state index >= 15 is 0 Å². The summed E-state index contributed by atoms with van der Waals surface area (Å²) in [6.07, 6.45) is 4.14. The number of fused-ring (bicyclic) bond motifs is 2. The molecule has 1 fully saturated rings. The molecule has 0 unspecified atom stereocenters. The topological polar surface area (TPSA) is 3.24 Å². The first-order chi connectivity index (χ1) is 7.34. The monoisotopic (exact) mass is 219 g/mol. The summed E-state index contributed by atoms with van der Waals surface area (Å²) in [6.45, 7) is 3.54. The highest BCUT2D eigenvalue weighted by atomic mass is 32.2. The van der Waals surface area contributed by atoms with E-state index in [4.69, 9.17) is 0 Å². The molecule has 0 bridgehead atoms. The number of nitrogens with zero attached hydrogens (tertiary/aromatic N) is 1. The van der Waals surface area contributed by atoms with Crippen molar-refractivity contribution in [2.75, 3.05) is 0 Å². The smallest absolute Gasteiger partial charge is 0.0610 e. The van der Waals surface area contributed by atoms with Gasteiger partial charge in [-0.25, -0.2) is 0 Å². The zero-order chi connectivity index (χ0) is 10.3. The summed E-state index contributed by atoms with van der Waals surface area (Å²) in [4.78, 5) is 4.18. The maximum atomic E-state index is 2.68. The standard InChI is InChI=1S/C13H17NS/c1-10-5-4-8-13-14(10)9-11-6-2-3-7-12(11)15-13/h2-3,6-7,10,13H,4-5,8-9H2,1H3/t10-,13-/m0/s1. The number of thioether (sulfide) groups is 1. The molecular weight excluding hydrogens is 202 g/mol. The fourth-order valence-electron chi connectivity index (χ4n) is 2.68. The minimum absolute atomic E-state index is 0.739. The van der Waals surface area contributed by atoms with Crippen LogP contribution >= 0.6 is 11.8 Å². The Bertz CT molecular complexity index is 363. The van der Waals surface area contributed by atoms with Crippen molar-refractivity contribution < 1.29 is 0 Å². The molecule has 0 aliphatic carbocycles. The van der Waals surface area contributed by atoms with Crippen LogP contribution in [-0.4, -0.2) is 16.3 Å². The lowest BCUT2D eigenvalue weighted by Gasteiger charge is -2.43. The van der Waals surface area contributed by atoms with Crippen molar-refractivity contribution in [3.63, 3.8) is 0 Å². The second kappa shape index (κ2) is 3.84. The molecule has 0 aromatic heterocycles. The van der Waals surface area contributed by atoms with E-state index in [1.165, 1.54) is 29.7 Å². The molecule has 0 saturated carbocycles. The van der Waals surface area contributed by atoms with Gasteiger partial charge < -0.3 is 0 Å². The van der Waals surface area contributed by atoms with Crippen molar-refractivity contribution >= 4 is 11.8 Å². The van der Waals surface area contributed by atoms with Crippen LogP contribution in [0.3, 0.4) is 0 Å². The van der Waals surface area contributed by atoms with E-state index in [0.29, 0.717) is 0 Å². The van der Waals surface area contributed by atoms with Crippen molar-refractivity contribution in [1.29, 1.82) is 0 Å². The highest BCUT2D eigenvalue weighted by Gasteiger charge is 2.32. The predicted octanol–water partition coefficient (Wildman–Crippen LogP) is 3.49. The third kappa shape index (κ3) is 1.70. The minimum atomic E-state index is 0.739. The molecule has 0 spiro atoms. The molecule has 1 aromatic carbocycles. The van der Waals surface area contributed by atoms with Gasteiger partial charge in [0.1, 0.15) is 0 Å². The Kier molecular flexibility index (Phi) is 2.49. The van der Waals surface area contributed by atoms with Gasteiger partial charge in [-0.2, -0.15) is 0 Å². The highest BCUT2D eigenvalue weighted by molar-refractivity contribution is 8.00. The fourth-order valence-corrected chi connectivity index (χ4v) is 4.12. The molecule has 1 saturated heterocycles. The second-order valence-electron chi connectivity index (χ2n) is 4.63. The minimum Gasteiger partial charge on any atom is -0.284 e. The van der Waals surface area contributed by atoms with Gasteiger partial charge in [-0.1, -0.05) is 18.2 Å². The van der Waals surface area contributed by atoms with Gasteiger partial charge in [0.15, 0.2) is 0 Å². The second-order valence-corrected chi connectivity index (χ2v) is 5.85. The molecule has 2 aliphatic heterocycles. The van der Waals surface area contributed by atoms with Crippen LogP contribution < -0.4 is 0 Å². The molecule has 2 aliphatic rings. The average Bonchev–Trinajstić information content (AvgIpc) is 2.27. The van der Waals surface area contributed by atoms with Crippen LogP contribution in [0.1, 0.15) is 31.7 Å². The summed E-state index contributed by atoms with van der Waals surface area (Å²) in [5.41, 5.74) is 1.52. The maximum Gasteiger partial charge on any atom is 0.0610 e. The Morgan fingerprint density at radius 1 is 1.27 bits per heavy atom. The van der Waals surface area contributed by atoms with E-state index < -0.39 is 0 Å². The summed E-state index contributed by atoms with van der Waals surface area (Å²) < 4.78 is 0. The number of piperidine rings is 1. The van der Waals surface area contributed by atoms with Gasteiger partial charge in [0.2, 0.25) is 0 Å². The van der Waals surface area contributed by atoms with Crippen molar-refractivity contribution in [3.8, 4) is 0 Å². The SMILES string of the molecule is C[C@H]1CCC[C@@H]2Sc3ccccc3CN21. The lowest BCUT2D eigenvalue weighted by Crippen LogP contribution is -2.44. The maximum absolute atomic E-state index is 2.68. The Morgan fingerprint density at radius 2 is 2.13 bits per heavy atom. The summed E-state index contributed by atoms with van der Waals surface area (Å²) in [5.74, 6) is 0. The van der Waals surface area contributed by atoms with Crippen LogP contribution in [-0.2, 0) is 6.54 Å². The quantitative estimate of drug-likeness (QED) is 0.657. The lowest BCUT2D eigenvalue weighted by atomic mass is 10.0. The zero-order valence-electron chi connectivity index (χ0n) is 9.15. The largest absolute Gasteiger partial charge is 0.284 e. The van der Waals surface area contributed by atoms with E-state index in [1.54, 1.807) is 0 Å². The normalized spacial score (nSPS) is 30.7. The lowest BCUT2D eigenvalue weighted by molar-refractivity contribution is 0.128. The molecule has 1 aromatic rings. The van der Waals surface area contributed by atoms with E-state index in [2.05, 4.69) is 47.9 Å². The van der Waals surface area contributed by atoms with Gasteiger partial charge in [0.25, 0.3) is 0 Å². The van der Waals surface area contributed by atoms with Crippen LogP contribution in [0.5, 0.6) is 0 Å². The van der Waals surface area contributed by atoms with Crippen LogP contribution in [0, 0.1) is 0 Å². The van der Waals surface area contributed by atoms with Crippen molar-refractivity contribution in [3.05, 3.63) is 29.8 Å². The van der Waals surface area contributed by atoms with Crippen molar-refractivity contribution in [2.45, 2.75) is 49.0 Å². The number of hydrogen-bond donors (Lipinski definition) is 0. The molecule has 2 atom stereocenters.